The van der Waals surface area contributed by atoms with Gasteiger partial charge in [-0.25, -0.2) is 4.79 Å². The van der Waals surface area contributed by atoms with Crippen molar-refractivity contribution < 1.29 is 24.4 Å². The van der Waals surface area contributed by atoms with Gasteiger partial charge in [0.25, 0.3) is 6.04 Å². The monoisotopic (exact) mass is 391 g/mol. The maximum absolute atomic E-state index is 11.6. The number of hydrogen-bond acceptors (Lipinski definition) is 3. The van der Waals surface area contributed by atoms with E-state index in [0.29, 0.717) is 5.52 Å². The van der Waals surface area contributed by atoms with Crippen LogP contribution in [0, 0.1) is 0 Å². The number of carbonyl (C=O) groups is 2. The highest BCUT2D eigenvalue weighted by atomic mass is 16.4. The van der Waals surface area contributed by atoms with Crippen LogP contribution in [0.25, 0.3) is 23.1 Å². The van der Waals surface area contributed by atoms with Crippen molar-refractivity contribution in [1.29, 1.82) is 0 Å². The zero-order valence-electron chi connectivity index (χ0n) is 16.3. The summed E-state index contributed by atoms with van der Waals surface area (Å²) in [5.74, 6) is -2.33. The Balaban J connectivity index is 2.00. The number of aliphatic carboxylic acids is 2. The molecule has 1 unspecified atom stereocenters. The van der Waals surface area contributed by atoms with Gasteiger partial charge in [-0.05, 0) is 29.3 Å². The Kier molecular flexibility index (Phi) is 5.93. The molecule has 2 N–H and O–H groups in total. The molecule has 1 heterocycles. The van der Waals surface area contributed by atoms with Crippen LogP contribution in [0.15, 0.2) is 60.8 Å². The molecule has 3 rings (SSSR count). The molecule has 6 nitrogen and oxygen atoms in total. The van der Waals surface area contributed by atoms with Crippen LogP contribution in [-0.4, -0.2) is 36.2 Å². The smallest absolute Gasteiger partial charge is 0.374 e. The van der Waals surface area contributed by atoms with Crippen LogP contribution in [0.5, 0.6) is 0 Å². The Morgan fingerprint density at radius 1 is 1.00 bits per heavy atom. The highest BCUT2D eigenvalue weighted by molar-refractivity contribution is 5.89. The number of rotatable bonds is 7. The molecule has 0 bridgehead atoms. The van der Waals surface area contributed by atoms with Gasteiger partial charge < -0.3 is 15.1 Å². The number of aromatic nitrogens is 1. The van der Waals surface area contributed by atoms with E-state index in [2.05, 4.69) is 0 Å². The van der Waals surface area contributed by atoms with Crippen molar-refractivity contribution in [3.8, 4) is 0 Å². The van der Waals surface area contributed by atoms with Gasteiger partial charge in [0, 0.05) is 31.9 Å². The van der Waals surface area contributed by atoms with Crippen LogP contribution in [-0.2, 0) is 9.59 Å². The first kappa shape index (κ1) is 20.1. The molecule has 0 saturated heterocycles. The minimum absolute atomic E-state index is 0.489. The highest BCUT2D eigenvalue weighted by Gasteiger charge is 2.32. The number of anilines is 1. The van der Waals surface area contributed by atoms with Gasteiger partial charge >= 0.3 is 11.9 Å². The maximum Gasteiger partial charge on any atom is 0.374 e. The Morgan fingerprint density at radius 2 is 1.69 bits per heavy atom. The van der Waals surface area contributed by atoms with Gasteiger partial charge in [-0.3, -0.25) is 4.79 Å². The molecule has 0 aliphatic carbocycles. The second-order valence-electron chi connectivity index (χ2n) is 6.97. The lowest BCUT2D eigenvalue weighted by Crippen LogP contribution is -2.45. The molecule has 0 radical (unpaired) electrons. The topological polar surface area (TPSA) is 81.7 Å². The Morgan fingerprint density at radius 3 is 2.31 bits per heavy atom. The largest absolute Gasteiger partial charge is 0.481 e. The van der Waals surface area contributed by atoms with E-state index in [1.165, 1.54) is 4.57 Å². The molecule has 0 spiro atoms. The minimum Gasteiger partial charge on any atom is -0.481 e. The van der Waals surface area contributed by atoms with E-state index in [4.69, 9.17) is 5.11 Å². The summed E-state index contributed by atoms with van der Waals surface area (Å²) in [5.41, 5.74) is 3.76. The SMILES string of the molecule is CN(C)c1ccc(/C=C/c2cc[n+](C(CC(=O)O)C(=O)O)c3ccccc23)cc1. The van der Waals surface area contributed by atoms with Gasteiger partial charge in [0.1, 0.15) is 6.42 Å². The van der Waals surface area contributed by atoms with Crippen molar-refractivity contribution in [3.05, 3.63) is 71.9 Å². The summed E-state index contributed by atoms with van der Waals surface area (Å²) < 4.78 is 1.51. The Labute approximate surface area is 169 Å². The van der Waals surface area contributed by atoms with Crippen LogP contribution in [0.4, 0.5) is 5.69 Å². The van der Waals surface area contributed by atoms with E-state index < -0.39 is 24.4 Å². The van der Waals surface area contributed by atoms with E-state index in [9.17, 15) is 14.7 Å². The van der Waals surface area contributed by atoms with E-state index >= 15 is 0 Å². The Hall–Kier alpha value is -3.67. The van der Waals surface area contributed by atoms with Crippen molar-refractivity contribution >= 4 is 40.7 Å². The summed E-state index contributed by atoms with van der Waals surface area (Å²) in [4.78, 5) is 24.8. The summed E-state index contributed by atoms with van der Waals surface area (Å²) >= 11 is 0. The van der Waals surface area contributed by atoms with Crippen molar-refractivity contribution in [2.75, 3.05) is 19.0 Å². The number of para-hydroxylation sites is 1. The first-order valence-electron chi connectivity index (χ1n) is 9.20. The number of pyridine rings is 1. The molecule has 1 atom stereocenters. The lowest BCUT2D eigenvalue weighted by molar-refractivity contribution is -0.685. The molecular weight excluding hydrogens is 368 g/mol. The fourth-order valence-corrected chi connectivity index (χ4v) is 3.23. The zero-order valence-corrected chi connectivity index (χ0v) is 16.3. The molecule has 0 amide bonds. The second-order valence-corrected chi connectivity index (χ2v) is 6.97. The van der Waals surface area contributed by atoms with Crippen LogP contribution < -0.4 is 9.47 Å². The third-order valence-electron chi connectivity index (χ3n) is 4.76. The van der Waals surface area contributed by atoms with Crippen LogP contribution in [0.3, 0.4) is 0 Å². The predicted octanol–water partition coefficient (Wildman–Crippen LogP) is 3.46. The van der Waals surface area contributed by atoms with E-state index in [0.717, 1.165) is 22.2 Å². The average molecular weight is 391 g/mol. The van der Waals surface area contributed by atoms with E-state index in [1.807, 2.05) is 79.7 Å². The number of benzene rings is 2. The molecular formula is C23H23N2O4+. The lowest BCUT2D eigenvalue weighted by Gasteiger charge is -2.12. The summed E-state index contributed by atoms with van der Waals surface area (Å²) in [7, 11) is 3.98. The zero-order chi connectivity index (χ0) is 21.0. The fourth-order valence-electron chi connectivity index (χ4n) is 3.23. The highest BCUT2D eigenvalue weighted by Crippen LogP contribution is 2.21. The third-order valence-corrected chi connectivity index (χ3v) is 4.76. The number of fused-ring (bicyclic) bond motifs is 1. The van der Waals surface area contributed by atoms with Gasteiger partial charge in [-0.15, -0.1) is 0 Å². The Bertz CT molecular complexity index is 1070. The molecule has 6 heteroatoms. The van der Waals surface area contributed by atoms with Crippen LogP contribution >= 0.6 is 0 Å². The molecule has 0 aliphatic rings. The van der Waals surface area contributed by atoms with Crippen molar-refractivity contribution in [2.45, 2.75) is 12.5 Å². The average Bonchev–Trinajstić information content (AvgIpc) is 2.70. The van der Waals surface area contributed by atoms with E-state index in [-0.39, 0.29) is 0 Å². The number of carboxylic acids is 2. The van der Waals surface area contributed by atoms with Crippen molar-refractivity contribution in [2.24, 2.45) is 0 Å². The molecule has 0 saturated carbocycles. The van der Waals surface area contributed by atoms with Crippen molar-refractivity contribution in [3.63, 3.8) is 0 Å². The summed E-state index contributed by atoms with van der Waals surface area (Å²) in [6, 6.07) is 16.2. The molecule has 0 aliphatic heterocycles. The maximum atomic E-state index is 11.6. The van der Waals surface area contributed by atoms with Gasteiger partial charge in [0.2, 0.25) is 5.52 Å². The first-order valence-corrected chi connectivity index (χ1v) is 9.20. The standard InChI is InChI=1S/C23H22N2O4/c1-24(2)18-11-8-16(9-12-18)7-10-17-13-14-25(20-6-4-3-5-19(17)20)21(23(28)29)15-22(26)27/h3-14,21H,15H2,1-2H3,(H-,26,27,28,29)/p+1. The third kappa shape index (κ3) is 4.60. The first-order chi connectivity index (χ1) is 13.9. The molecule has 1 aromatic heterocycles. The van der Waals surface area contributed by atoms with Crippen molar-refractivity contribution in [1.82, 2.24) is 0 Å². The number of nitrogens with zero attached hydrogens (tertiary/aromatic N) is 2. The van der Waals surface area contributed by atoms with E-state index in [1.54, 1.807) is 12.3 Å². The number of carboxylic acid groups (broad SMARTS) is 2. The van der Waals surface area contributed by atoms with Crippen LogP contribution in [0.2, 0.25) is 0 Å². The predicted molar refractivity (Wildman–Crippen MR) is 113 cm³/mol. The fraction of sp³-hybridized carbons (Fsp3) is 0.174. The second kappa shape index (κ2) is 8.56. The molecule has 2 aromatic carbocycles. The lowest BCUT2D eigenvalue weighted by atomic mass is 10.1. The molecule has 3 aromatic rings. The molecule has 148 valence electrons. The number of hydrogen-bond donors (Lipinski definition) is 2. The van der Waals surface area contributed by atoms with Gasteiger partial charge in [0.15, 0.2) is 6.20 Å². The molecule has 29 heavy (non-hydrogen) atoms. The summed E-state index contributed by atoms with van der Waals surface area (Å²) in [5, 5.41) is 19.5. The minimum atomic E-state index is -1.17. The van der Waals surface area contributed by atoms with Gasteiger partial charge in [-0.1, -0.05) is 36.4 Å². The summed E-state index contributed by atoms with van der Waals surface area (Å²) in [6.45, 7) is 0. The van der Waals surface area contributed by atoms with Gasteiger partial charge in [0.05, 0.1) is 5.39 Å². The normalized spacial score (nSPS) is 12.2. The quantitative estimate of drug-likeness (QED) is 0.603. The summed E-state index contributed by atoms with van der Waals surface area (Å²) in [6.07, 6.45) is 5.12. The van der Waals surface area contributed by atoms with Gasteiger partial charge in [-0.2, -0.15) is 4.57 Å². The molecule has 0 fully saturated rings. The van der Waals surface area contributed by atoms with Crippen LogP contribution in [0.1, 0.15) is 23.6 Å².